The van der Waals surface area contributed by atoms with Crippen molar-refractivity contribution in [3.8, 4) is 5.95 Å². The zero-order valence-electron chi connectivity index (χ0n) is 15.1. The van der Waals surface area contributed by atoms with Crippen LogP contribution in [0.3, 0.4) is 0 Å². The van der Waals surface area contributed by atoms with E-state index in [1.165, 1.54) is 0 Å². The van der Waals surface area contributed by atoms with E-state index in [2.05, 4.69) is 20.8 Å². The number of ether oxygens (including phenoxy) is 1. The third-order valence-electron chi connectivity index (χ3n) is 7.25. The van der Waals surface area contributed by atoms with Crippen molar-refractivity contribution in [3.05, 3.63) is 27.6 Å². The molecule has 5 atom stereocenters. The van der Waals surface area contributed by atoms with Crippen LogP contribution in [0.5, 0.6) is 5.95 Å². The van der Waals surface area contributed by atoms with Crippen LogP contribution in [-0.4, -0.2) is 17.3 Å². The first-order chi connectivity index (χ1) is 11.2. The summed E-state index contributed by atoms with van der Waals surface area (Å²) in [6.07, 6.45) is 4.51. The van der Waals surface area contributed by atoms with Crippen molar-refractivity contribution in [2.75, 3.05) is 0 Å². The van der Waals surface area contributed by atoms with Gasteiger partial charge < -0.3 is 14.3 Å². The number of hydrogen-bond acceptors (Lipinski definition) is 4. The molecule has 2 saturated carbocycles. The Morgan fingerprint density at radius 3 is 2.71 bits per heavy atom. The van der Waals surface area contributed by atoms with Gasteiger partial charge in [0, 0.05) is 17.4 Å². The summed E-state index contributed by atoms with van der Waals surface area (Å²) < 4.78 is 12.1. The summed E-state index contributed by atoms with van der Waals surface area (Å²) in [7, 11) is 0. The largest absolute Gasteiger partial charge is 0.461 e. The van der Waals surface area contributed by atoms with Gasteiger partial charge in [0.15, 0.2) is 5.43 Å². The van der Waals surface area contributed by atoms with E-state index in [1.54, 1.807) is 13.0 Å². The second-order valence-corrected chi connectivity index (χ2v) is 9.00. The average Bonchev–Trinajstić information content (AvgIpc) is 2.50. The van der Waals surface area contributed by atoms with Crippen LogP contribution in [0.1, 0.15) is 57.8 Å². The maximum absolute atomic E-state index is 12.3. The first-order valence-corrected chi connectivity index (χ1v) is 9.22. The Morgan fingerprint density at radius 2 is 1.96 bits per heavy atom. The van der Waals surface area contributed by atoms with Crippen LogP contribution < -0.4 is 10.2 Å². The van der Waals surface area contributed by atoms with Crippen molar-refractivity contribution in [1.82, 2.24) is 0 Å². The molecule has 3 aliphatic rings. The van der Waals surface area contributed by atoms with E-state index in [9.17, 15) is 9.90 Å². The van der Waals surface area contributed by atoms with Gasteiger partial charge in [0.2, 0.25) is 0 Å². The lowest BCUT2D eigenvalue weighted by Crippen LogP contribution is -2.61. The summed E-state index contributed by atoms with van der Waals surface area (Å²) in [6, 6.07) is 1.57. The van der Waals surface area contributed by atoms with Gasteiger partial charge in [-0.3, -0.25) is 4.79 Å². The lowest BCUT2D eigenvalue weighted by atomic mass is 9.47. The molecular weight excluding hydrogens is 304 g/mol. The van der Waals surface area contributed by atoms with Gasteiger partial charge in [-0.15, -0.1) is 0 Å². The predicted molar refractivity (Wildman–Crippen MR) is 91.2 cm³/mol. The van der Waals surface area contributed by atoms with E-state index in [4.69, 9.17) is 9.15 Å². The highest BCUT2D eigenvalue weighted by Gasteiger charge is 2.59. The molecule has 1 aromatic heterocycles. The molecule has 2 aliphatic carbocycles. The average molecular weight is 332 g/mol. The van der Waals surface area contributed by atoms with Gasteiger partial charge in [0.25, 0.3) is 5.95 Å². The summed E-state index contributed by atoms with van der Waals surface area (Å²) >= 11 is 0. The molecule has 0 radical (unpaired) electrons. The monoisotopic (exact) mass is 332 g/mol. The minimum atomic E-state index is -0.247. The molecule has 0 saturated heterocycles. The van der Waals surface area contributed by atoms with Crippen LogP contribution in [0.25, 0.3) is 0 Å². The fraction of sp³-hybridized carbons (Fsp3) is 0.750. The summed E-state index contributed by atoms with van der Waals surface area (Å²) in [6.45, 7) is 8.51. The summed E-state index contributed by atoms with van der Waals surface area (Å²) in [5.41, 5.74) is 0.665. The van der Waals surface area contributed by atoms with Crippen LogP contribution in [0.2, 0.25) is 0 Å². The molecule has 0 spiro atoms. The van der Waals surface area contributed by atoms with Crippen LogP contribution in [0.4, 0.5) is 0 Å². The number of fused-ring (bicyclic) bond motifs is 4. The van der Waals surface area contributed by atoms with Crippen molar-refractivity contribution < 1.29 is 14.3 Å². The third-order valence-corrected chi connectivity index (χ3v) is 7.25. The number of aliphatic hydroxyl groups is 1. The lowest BCUT2D eigenvalue weighted by Gasteiger charge is -2.60. The van der Waals surface area contributed by atoms with Gasteiger partial charge in [-0.05, 0) is 50.4 Å². The Labute approximate surface area is 143 Å². The normalized spacial score (nSPS) is 40.0. The number of rotatable bonds is 0. The van der Waals surface area contributed by atoms with E-state index < -0.39 is 0 Å². The van der Waals surface area contributed by atoms with Crippen LogP contribution in [0, 0.1) is 29.6 Å². The number of aliphatic hydroxyl groups excluding tert-OH is 1. The molecule has 2 heterocycles. The third kappa shape index (κ3) is 2.11. The Morgan fingerprint density at radius 1 is 1.21 bits per heavy atom. The maximum atomic E-state index is 12.3. The Hall–Kier alpha value is -1.29. The molecule has 4 nitrogen and oxygen atoms in total. The highest BCUT2D eigenvalue weighted by atomic mass is 16.6. The summed E-state index contributed by atoms with van der Waals surface area (Å²) in [5, 5.41) is 10.5. The maximum Gasteiger partial charge on any atom is 0.292 e. The first-order valence-electron chi connectivity index (χ1n) is 9.22. The molecule has 1 aliphatic heterocycles. The van der Waals surface area contributed by atoms with Crippen molar-refractivity contribution >= 4 is 0 Å². The molecule has 24 heavy (non-hydrogen) atoms. The second kappa shape index (κ2) is 5.10. The minimum Gasteiger partial charge on any atom is -0.461 e. The molecule has 5 unspecified atom stereocenters. The Balaban J connectivity index is 1.75. The van der Waals surface area contributed by atoms with Gasteiger partial charge in [0.05, 0.1) is 11.7 Å². The van der Waals surface area contributed by atoms with Gasteiger partial charge in [-0.1, -0.05) is 20.8 Å². The predicted octanol–water partition coefficient (Wildman–Crippen LogP) is 3.47. The minimum absolute atomic E-state index is 0.0195. The van der Waals surface area contributed by atoms with E-state index >= 15 is 0 Å². The van der Waals surface area contributed by atoms with E-state index in [1.807, 2.05) is 0 Å². The summed E-state index contributed by atoms with van der Waals surface area (Å²) in [5.74, 6) is 1.84. The van der Waals surface area contributed by atoms with Crippen molar-refractivity contribution in [1.29, 1.82) is 0 Å². The molecule has 0 aromatic carbocycles. The van der Waals surface area contributed by atoms with Crippen molar-refractivity contribution in [2.24, 2.45) is 22.7 Å². The quantitative estimate of drug-likeness (QED) is 0.790. The van der Waals surface area contributed by atoms with Gasteiger partial charge in [-0.2, -0.15) is 0 Å². The van der Waals surface area contributed by atoms with Crippen LogP contribution in [0.15, 0.2) is 15.3 Å². The molecular formula is C20H28O4. The Kier molecular flexibility index (Phi) is 3.44. The van der Waals surface area contributed by atoms with Crippen LogP contribution in [-0.2, 0) is 6.42 Å². The molecule has 0 amide bonds. The van der Waals surface area contributed by atoms with Gasteiger partial charge >= 0.3 is 0 Å². The number of hydrogen-bond donors (Lipinski definition) is 1. The zero-order chi connectivity index (χ0) is 17.3. The second-order valence-electron chi connectivity index (χ2n) is 9.00. The molecule has 2 fully saturated rings. The highest BCUT2D eigenvalue weighted by molar-refractivity contribution is 5.29. The van der Waals surface area contributed by atoms with Gasteiger partial charge in [0.1, 0.15) is 11.9 Å². The number of aryl methyl sites for hydroxylation is 1. The zero-order valence-corrected chi connectivity index (χ0v) is 15.1. The SMILES string of the molecule is Cc1cc(=O)c2c(o1)OC1C(CCC3C(C)(C)C(O)CCC13C)C2. The van der Waals surface area contributed by atoms with Crippen LogP contribution >= 0.6 is 0 Å². The lowest BCUT2D eigenvalue weighted by molar-refractivity contribution is -0.176. The van der Waals surface area contributed by atoms with Gasteiger partial charge in [-0.25, -0.2) is 0 Å². The fourth-order valence-corrected chi connectivity index (χ4v) is 5.90. The molecule has 4 heteroatoms. The summed E-state index contributed by atoms with van der Waals surface area (Å²) in [4.78, 5) is 12.3. The molecule has 132 valence electrons. The van der Waals surface area contributed by atoms with E-state index in [0.717, 1.165) is 32.1 Å². The molecule has 1 aromatic rings. The fourth-order valence-electron chi connectivity index (χ4n) is 5.90. The van der Waals surface area contributed by atoms with E-state index in [0.29, 0.717) is 29.1 Å². The smallest absolute Gasteiger partial charge is 0.292 e. The standard InChI is InChI=1S/C20H28O4/c1-11-9-14(21)13-10-12-5-6-15-19(2,3)16(22)7-8-20(15,4)17(12)24-18(13)23-11/h9,12,15-17,22H,5-8,10H2,1-4H3. The molecule has 4 rings (SSSR count). The first kappa shape index (κ1) is 16.2. The topological polar surface area (TPSA) is 59.7 Å². The Bertz CT molecular complexity index is 719. The van der Waals surface area contributed by atoms with Crippen molar-refractivity contribution in [3.63, 3.8) is 0 Å². The van der Waals surface area contributed by atoms with E-state index in [-0.39, 0.29) is 28.5 Å². The molecule has 1 N–H and O–H groups in total. The molecule has 0 bridgehead atoms. The highest BCUT2D eigenvalue weighted by Crippen LogP contribution is 2.60. The van der Waals surface area contributed by atoms with Crippen molar-refractivity contribution in [2.45, 2.75) is 72.0 Å².